The molecular formula is C7H7BrN2O3. The van der Waals surface area contributed by atoms with Gasteiger partial charge in [0.25, 0.3) is 0 Å². The van der Waals surface area contributed by atoms with E-state index in [1.807, 2.05) is 0 Å². The molecule has 0 spiro atoms. The molecule has 1 atom stereocenters. The minimum atomic E-state index is -1.09. The highest BCUT2D eigenvalue weighted by Gasteiger charge is 2.13. The van der Waals surface area contributed by atoms with Gasteiger partial charge in [0.15, 0.2) is 0 Å². The van der Waals surface area contributed by atoms with E-state index in [4.69, 9.17) is 0 Å². The molecule has 0 radical (unpaired) electrons. The zero-order valence-corrected chi connectivity index (χ0v) is 8.14. The third-order valence-electron chi connectivity index (χ3n) is 1.46. The molecule has 0 aliphatic heterocycles. The minimum absolute atomic E-state index is 0.444. The van der Waals surface area contributed by atoms with Crippen molar-refractivity contribution in [3.8, 4) is 0 Å². The second-order valence-corrected chi connectivity index (χ2v) is 3.26. The van der Waals surface area contributed by atoms with Crippen LogP contribution in [0.1, 0.15) is 11.7 Å². The maximum absolute atomic E-state index is 10.1. The van der Waals surface area contributed by atoms with Crippen molar-refractivity contribution in [2.75, 3.05) is 6.54 Å². The van der Waals surface area contributed by atoms with E-state index in [0.717, 1.165) is 0 Å². The summed E-state index contributed by atoms with van der Waals surface area (Å²) >= 11 is 3.12. The number of aromatic nitrogens is 1. The van der Waals surface area contributed by atoms with E-state index in [1.54, 1.807) is 12.1 Å². The van der Waals surface area contributed by atoms with Crippen LogP contribution in [0.3, 0.4) is 0 Å². The molecular weight excluding hydrogens is 240 g/mol. The Morgan fingerprint density at radius 2 is 2.38 bits per heavy atom. The highest BCUT2D eigenvalue weighted by Crippen LogP contribution is 2.13. The summed E-state index contributed by atoms with van der Waals surface area (Å²) in [7, 11) is 0. The molecule has 0 aromatic carbocycles. The second-order valence-electron chi connectivity index (χ2n) is 2.45. The van der Waals surface area contributed by atoms with Crippen molar-refractivity contribution < 1.29 is 10.0 Å². The van der Waals surface area contributed by atoms with Crippen molar-refractivity contribution in [1.82, 2.24) is 4.98 Å². The van der Waals surface area contributed by atoms with Gasteiger partial charge in [-0.25, -0.2) is 4.98 Å². The van der Waals surface area contributed by atoms with Gasteiger partial charge in [-0.15, -0.1) is 0 Å². The highest BCUT2D eigenvalue weighted by atomic mass is 79.9. The molecule has 0 unspecified atom stereocenters. The van der Waals surface area contributed by atoms with E-state index in [2.05, 4.69) is 20.9 Å². The number of hydrogen-bond donors (Lipinski definition) is 1. The second kappa shape index (κ2) is 4.29. The zero-order valence-electron chi connectivity index (χ0n) is 6.55. The number of aliphatic hydroxyl groups excluding tert-OH is 1. The van der Waals surface area contributed by atoms with Crippen LogP contribution >= 0.6 is 15.9 Å². The summed E-state index contributed by atoms with van der Waals surface area (Å²) in [5.41, 5.74) is 0.444. The Hall–Kier alpha value is -1.01. The average molecular weight is 247 g/mol. The topological polar surface area (TPSA) is 76.3 Å². The van der Waals surface area contributed by atoms with Gasteiger partial charge in [0.1, 0.15) is 10.7 Å². The lowest BCUT2D eigenvalue weighted by molar-refractivity contribution is -0.491. The zero-order chi connectivity index (χ0) is 9.84. The Bertz CT molecular complexity index is 301. The molecule has 1 aromatic rings. The van der Waals surface area contributed by atoms with E-state index in [-0.39, 0.29) is 0 Å². The fourth-order valence-electron chi connectivity index (χ4n) is 0.831. The van der Waals surface area contributed by atoms with Crippen molar-refractivity contribution in [3.63, 3.8) is 0 Å². The van der Waals surface area contributed by atoms with Gasteiger partial charge in [-0.2, -0.15) is 0 Å². The number of nitro groups is 1. The van der Waals surface area contributed by atoms with E-state index in [1.165, 1.54) is 6.20 Å². The van der Waals surface area contributed by atoms with Crippen molar-refractivity contribution in [1.29, 1.82) is 0 Å². The van der Waals surface area contributed by atoms with Gasteiger partial charge in [0.2, 0.25) is 6.54 Å². The normalized spacial score (nSPS) is 12.5. The van der Waals surface area contributed by atoms with Gasteiger partial charge in [-0.3, -0.25) is 10.1 Å². The van der Waals surface area contributed by atoms with Crippen molar-refractivity contribution >= 4 is 15.9 Å². The highest BCUT2D eigenvalue weighted by molar-refractivity contribution is 9.10. The van der Waals surface area contributed by atoms with Crippen LogP contribution in [-0.2, 0) is 0 Å². The first-order valence-electron chi connectivity index (χ1n) is 3.51. The van der Waals surface area contributed by atoms with Gasteiger partial charge in [0.05, 0.1) is 0 Å². The van der Waals surface area contributed by atoms with Crippen LogP contribution in [-0.4, -0.2) is 21.6 Å². The first kappa shape index (κ1) is 10.1. The summed E-state index contributed by atoms with van der Waals surface area (Å²) in [4.78, 5) is 13.3. The molecule has 1 N–H and O–H groups in total. The van der Waals surface area contributed by atoms with Crippen LogP contribution in [0.5, 0.6) is 0 Å². The molecule has 0 bridgehead atoms. The molecule has 0 saturated carbocycles. The molecule has 70 valence electrons. The minimum Gasteiger partial charge on any atom is -0.381 e. The van der Waals surface area contributed by atoms with Crippen LogP contribution in [0, 0.1) is 10.1 Å². The van der Waals surface area contributed by atoms with Crippen LogP contribution in [0.15, 0.2) is 22.9 Å². The molecule has 1 aromatic heterocycles. The molecule has 13 heavy (non-hydrogen) atoms. The molecule has 0 aliphatic carbocycles. The molecule has 0 amide bonds. The summed E-state index contributed by atoms with van der Waals surface area (Å²) in [5.74, 6) is 0. The predicted octanol–water partition coefficient (Wildman–Crippen LogP) is 1.15. The summed E-state index contributed by atoms with van der Waals surface area (Å²) in [6.45, 7) is -0.497. The Morgan fingerprint density at radius 3 is 2.85 bits per heavy atom. The van der Waals surface area contributed by atoms with Crippen LogP contribution in [0.4, 0.5) is 0 Å². The molecule has 0 fully saturated rings. The summed E-state index contributed by atoms with van der Waals surface area (Å²) in [5, 5.41) is 19.4. The first-order valence-corrected chi connectivity index (χ1v) is 4.30. The Balaban J connectivity index is 2.71. The Kier molecular flexibility index (Phi) is 3.32. The van der Waals surface area contributed by atoms with E-state index in [9.17, 15) is 15.2 Å². The maximum Gasteiger partial charge on any atom is 0.233 e. The predicted molar refractivity (Wildman–Crippen MR) is 48.8 cm³/mol. The number of nitrogens with zero attached hydrogens (tertiary/aromatic N) is 2. The third-order valence-corrected chi connectivity index (χ3v) is 1.93. The lowest BCUT2D eigenvalue weighted by Crippen LogP contribution is -2.11. The van der Waals surface area contributed by atoms with Crippen LogP contribution in [0.25, 0.3) is 0 Å². The quantitative estimate of drug-likeness (QED) is 0.493. The standard InChI is InChI=1S/C7H7BrN2O3/c8-7-2-1-5(3-9-7)6(11)4-10(12)13/h1-3,6,11H,4H2/t6-/m1/s1. The van der Waals surface area contributed by atoms with Crippen molar-refractivity contribution in [2.24, 2.45) is 0 Å². The van der Waals surface area contributed by atoms with E-state index in [0.29, 0.717) is 10.2 Å². The molecule has 5 nitrogen and oxygen atoms in total. The number of rotatable bonds is 3. The van der Waals surface area contributed by atoms with Gasteiger partial charge >= 0.3 is 0 Å². The number of aliphatic hydroxyl groups is 1. The summed E-state index contributed by atoms with van der Waals surface area (Å²) in [6, 6.07) is 3.21. The summed E-state index contributed by atoms with van der Waals surface area (Å²) < 4.78 is 0.629. The van der Waals surface area contributed by atoms with Gasteiger partial charge < -0.3 is 5.11 Å². The van der Waals surface area contributed by atoms with Crippen molar-refractivity contribution in [2.45, 2.75) is 6.10 Å². The van der Waals surface area contributed by atoms with Crippen LogP contribution < -0.4 is 0 Å². The Labute approximate surface area is 82.7 Å². The molecule has 6 heteroatoms. The van der Waals surface area contributed by atoms with Gasteiger partial charge in [0, 0.05) is 16.7 Å². The maximum atomic E-state index is 10.1. The number of hydrogen-bond acceptors (Lipinski definition) is 4. The van der Waals surface area contributed by atoms with Gasteiger partial charge in [-0.05, 0) is 22.0 Å². The molecule has 0 saturated heterocycles. The van der Waals surface area contributed by atoms with Gasteiger partial charge in [-0.1, -0.05) is 6.07 Å². The molecule has 1 rings (SSSR count). The SMILES string of the molecule is O=[N+]([O-])C[C@@H](O)c1ccc(Br)nc1. The number of pyridine rings is 1. The lowest BCUT2D eigenvalue weighted by atomic mass is 10.2. The van der Waals surface area contributed by atoms with Crippen LogP contribution in [0.2, 0.25) is 0 Å². The lowest BCUT2D eigenvalue weighted by Gasteiger charge is -2.04. The largest absolute Gasteiger partial charge is 0.381 e. The third kappa shape index (κ3) is 3.08. The van der Waals surface area contributed by atoms with E-state index < -0.39 is 17.6 Å². The average Bonchev–Trinajstić information content (AvgIpc) is 2.04. The smallest absolute Gasteiger partial charge is 0.233 e. The van der Waals surface area contributed by atoms with Crippen molar-refractivity contribution in [3.05, 3.63) is 38.6 Å². The molecule has 1 heterocycles. The first-order chi connectivity index (χ1) is 6.09. The Morgan fingerprint density at radius 1 is 1.69 bits per heavy atom. The molecule has 0 aliphatic rings. The summed E-state index contributed by atoms with van der Waals surface area (Å²) in [6.07, 6.45) is 0.314. The monoisotopic (exact) mass is 246 g/mol. The fourth-order valence-corrected chi connectivity index (χ4v) is 1.07. The number of halogens is 1. The van der Waals surface area contributed by atoms with E-state index >= 15 is 0 Å². The fraction of sp³-hybridized carbons (Fsp3) is 0.286.